The van der Waals surface area contributed by atoms with Crippen LogP contribution >= 0.6 is 0 Å². The molecular formula is C16H15FN2O3. The summed E-state index contributed by atoms with van der Waals surface area (Å²) in [5.41, 5.74) is 3.47. The van der Waals surface area contributed by atoms with Crippen LogP contribution < -0.4 is 10.2 Å². The van der Waals surface area contributed by atoms with Crippen molar-refractivity contribution in [2.75, 3.05) is 6.61 Å². The van der Waals surface area contributed by atoms with E-state index in [-0.39, 0.29) is 18.1 Å². The molecule has 0 radical (unpaired) electrons. The summed E-state index contributed by atoms with van der Waals surface area (Å²) in [6.07, 6.45) is 1.34. The second-order valence-corrected chi connectivity index (χ2v) is 4.55. The van der Waals surface area contributed by atoms with Gasteiger partial charge in [0.1, 0.15) is 17.3 Å². The first-order chi connectivity index (χ1) is 10.6. The fraction of sp³-hybridized carbons (Fsp3) is 0.125. The topological polar surface area (TPSA) is 70.9 Å². The van der Waals surface area contributed by atoms with Crippen molar-refractivity contribution in [3.63, 3.8) is 0 Å². The molecule has 2 rings (SSSR count). The lowest BCUT2D eigenvalue weighted by molar-refractivity contribution is -0.123. The number of carbonyl (C=O) groups is 1. The number of hydrogen-bond donors (Lipinski definition) is 2. The number of ether oxygens (including phenoxy) is 1. The third-order valence-electron chi connectivity index (χ3n) is 2.83. The Morgan fingerprint density at radius 2 is 2.14 bits per heavy atom. The molecule has 0 bridgehead atoms. The predicted molar refractivity (Wildman–Crippen MR) is 80.5 cm³/mol. The quantitative estimate of drug-likeness (QED) is 0.658. The summed E-state index contributed by atoms with van der Waals surface area (Å²) in [6, 6.07) is 10.7. The van der Waals surface area contributed by atoms with Crippen molar-refractivity contribution in [3.05, 3.63) is 59.4 Å². The predicted octanol–water partition coefficient (Wildman–Crippen LogP) is 2.37. The maximum Gasteiger partial charge on any atom is 0.277 e. The van der Waals surface area contributed by atoms with Gasteiger partial charge < -0.3 is 9.84 Å². The van der Waals surface area contributed by atoms with E-state index < -0.39 is 11.7 Å². The minimum Gasteiger partial charge on any atom is -0.507 e. The number of aromatic hydroxyl groups is 1. The summed E-state index contributed by atoms with van der Waals surface area (Å²) in [5, 5.41) is 13.5. The first-order valence-corrected chi connectivity index (χ1v) is 6.55. The first kappa shape index (κ1) is 15.5. The third kappa shape index (κ3) is 4.31. The summed E-state index contributed by atoms with van der Waals surface area (Å²) >= 11 is 0. The Morgan fingerprint density at radius 3 is 2.91 bits per heavy atom. The van der Waals surface area contributed by atoms with Crippen LogP contribution in [0.25, 0.3) is 0 Å². The van der Waals surface area contributed by atoms with Gasteiger partial charge in [0.05, 0.1) is 6.21 Å². The van der Waals surface area contributed by atoms with Crippen molar-refractivity contribution in [1.29, 1.82) is 0 Å². The molecule has 0 unspecified atom stereocenters. The summed E-state index contributed by atoms with van der Waals surface area (Å²) in [6.45, 7) is 1.47. The maximum atomic E-state index is 12.9. The van der Waals surface area contributed by atoms with Gasteiger partial charge in [-0.1, -0.05) is 18.2 Å². The van der Waals surface area contributed by atoms with Crippen molar-refractivity contribution < 1.29 is 19.0 Å². The van der Waals surface area contributed by atoms with Crippen LogP contribution in [-0.4, -0.2) is 23.8 Å². The molecule has 0 aliphatic carbocycles. The zero-order valence-electron chi connectivity index (χ0n) is 11.9. The van der Waals surface area contributed by atoms with E-state index in [2.05, 4.69) is 10.5 Å². The van der Waals surface area contributed by atoms with Gasteiger partial charge in [-0.2, -0.15) is 5.10 Å². The smallest absolute Gasteiger partial charge is 0.277 e. The van der Waals surface area contributed by atoms with Gasteiger partial charge in [0.15, 0.2) is 6.61 Å². The Bertz CT molecular complexity index is 702. The molecule has 0 aliphatic heterocycles. The van der Waals surface area contributed by atoms with Crippen LogP contribution in [0, 0.1) is 12.7 Å². The number of amides is 1. The van der Waals surface area contributed by atoms with Gasteiger partial charge in [0, 0.05) is 11.6 Å². The van der Waals surface area contributed by atoms with Crippen molar-refractivity contribution in [3.8, 4) is 11.5 Å². The minimum absolute atomic E-state index is 0.108. The lowest BCUT2D eigenvalue weighted by Gasteiger charge is -2.05. The van der Waals surface area contributed by atoms with Crippen molar-refractivity contribution in [1.82, 2.24) is 5.43 Å². The number of para-hydroxylation sites is 1. The standard InChI is InChI=1S/C16H15FN2O3/c1-11-4-2-5-12(16(11)21)9-18-19-15(20)10-22-14-7-3-6-13(17)8-14/h2-9,21H,10H2,1H3,(H,19,20). The molecule has 5 nitrogen and oxygen atoms in total. The zero-order valence-corrected chi connectivity index (χ0v) is 11.9. The van der Waals surface area contributed by atoms with Gasteiger partial charge in [-0.05, 0) is 30.7 Å². The second kappa shape index (κ2) is 7.21. The van der Waals surface area contributed by atoms with Crippen molar-refractivity contribution in [2.24, 2.45) is 5.10 Å². The SMILES string of the molecule is Cc1cccc(C=NNC(=O)COc2cccc(F)c2)c1O. The largest absolute Gasteiger partial charge is 0.507 e. The number of hydrogen-bond acceptors (Lipinski definition) is 4. The van der Waals surface area contributed by atoms with Crippen LogP contribution in [0.2, 0.25) is 0 Å². The average Bonchev–Trinajstić information content (AvgIpc) is 2.49. The molecule has 0 atom stereocenters. The van der Waals surface area contributed by atoms with Crippen LogP contribution in [0.4, 0.5) is 4.39 Å². The fourth-order valence-corrected chi connectivity index (χ4v) is 1.70. The number of rotatable bonds is 5. The van der Waals surface area contributed by atoms with Crippen LogP contribution in [-0.2, 0) is 4.79 Å². The Hall–Kier alpha value is -2.89. The van der Waals surface area contributed by atoms with Crippen LogP contribution in [0.1, 0.15) is 11.1 Å². The van der Waals surface area contributed by atoms with E-state index in [0.29, 0.717) is 11.1 Å². The Balaban J connectivity index is 1.85. The third-order valence-corrected chi connectivity index (χ3v) is 2.83. The molecule has 22 heavy (non-hydrogen) atoms. The molecule has 2 N–H and O–H groups in total. The van der Waals surface area contributed by atoms with Crippen molar-refractivity contribution in [2.45, 2.75) is 6.92 Å². The Labute approximate surface area is 127 Å². The summed E-state index contributed by atoms with van der Waals surface area (Å²) in [5.74, 6) is -0.564. The molecule has 114 valence electrons. The van der Waals surface area contributed by atoms with E-state index in [1.807, 2.05) is 0 Å². The van der Waals surface area contributed by atoms with Gasteiger partial charge in [0.2, 0.25) is 0 Å². The minimum atomic E-state index is -0.493. The molecule has 0 saturated carbocycles. The molecule has 2 aromatic rings. The van der Waals surface area contributed by atoms with Crippen LogP contribution in [0.3, 0.4) is 0 Å². The van der Waals surface area contributed by atoms with Crippen LogP contribution in [0.15, 0.2) is 47.6 Å². The lowest BCUT2D eigenvalue weighted by Crippen LogP contribution is -2.24. The average molecular weight is 302 g/mol. The summed E-state index contributed by atoms with van der Waals surface area (Å²) in [4.78, 5) is 11.5. The maximum absolute atomic E-state index is 12.9. The number of phenols is 1. The Morgan fingerprint density at radius 1 is 1.36 bits per heavy atom. The van der Waals surface area contributed by atoms with E-state index in [0.717, 1.165) is 0 Å². The molecule has 0 fully saturated rings. The van der Waals surface area contributed by atoms with E-state index in [9.17, 15) is 14.3 Å². The van der Waals surface area contributed by atoms with Gasteiger partial charge >= 0.3 is 0 Å². The number of aryl methyl sites for hydroxylation is 1. The van der Waals surface area contributed by atoms with E-state index in [4.69, 9.17) is 4.74 Å². The number of hydrazone groups is 1. The molecule has 0 heterocycles. The van der Waals surface area contributed by atoms with E-state index in [1.165, 1.54) is 24.4 Å². The number of phenolic OH excluding ortho intramolecular Hbond substituents is 1. The first-order valence-electron chi connectivity index (χ1n) is 6.55. The molecule has 0 aromatic heterocycles. The summed E-state index contributed by atoms with van der Waals surface area (Å²) in [7, 11) is 0. The Kier molecular flexibility index (Phi) is 5.08. The van der Waals surface area contributed by atoms with Gasteiger partial charge in [-0.3, -0.25) is 4.79 Å². The summed E-state index contributed by atoms with van der Waals surface area (Å²) < 4.78 is 18.0. The number of nitrogens with one attached hydrogen (secondary N) is 1. The number of nitrogens with zero attached hydrogens (tertiary/aromatic N) is 1. The molecule has 0 saturated heterocycles. The highest BCUT2D eigenvalue weighted by Crippen LogP contribution is 2.19. The number of carbonyl (C=O) groups excluding carboxylic acids is 1. The highest BCUT2D eigenvalue weighted by molar-refractivity contribution is 5.85. The lowest BCUT2D eigenvalue weighted by atomic mass is 10.1. The fourth-order valence-electron chi connectivity index (χ4n) is 1.70. The molecule has 0 spiro atoms. The molecular weight excluding hydrogens is 287 g/mol. The zero-order chi connectivity index (χ0) is 15.9. The number of halogens is 1. The van der Waals surface area contributed by atoms with Gasteiger partial charge in [0.25, 0.3) is 5.91 Å². The van der Waals surface area contributed by atoms with Gasteiger partial charge in [-0.25, -0.2) is 9.82 Å². The monoisotopic (exact) mass is 302 g/mol. The molecule has 1 amide bonds. The normalized spacial score (nSPS) is 10.6. The highest BCUT2D eigenvalue weighted by Gasteiger charge is 2.03. The van der Waals surface area contributed by atoms with Crippen molar-refractivity contribution >= 4 is 12.1 Å². The molecule has 6 heteroatoms. The van der Waals surface area contributed by atoms with Crippen LogP contribution in [0.5, 0.6) is 11.5 Å². The van der Waals surface area contributed by atoms with E-state index >= 15 is 0 Å². The molecule has 2 aromatic carbocycles. The second-order valence-electron chi connectivity index (χ2n) is 4.55. The van der Waals surface area contributed by atoms with Gasteiger partial charge in [-0.15, -0.1) is 0 Å². The molecule has 0 aliphatic rings. The highest BCUT2D eigenvalue weighted by atomic mass is 19.1. The van der Waals surface area contributed by atoms with E-state index in [1.54, 1.807) is 31.2 Å². The number of benzene rings is 2.